The van der Waals surface area contributed by atoms with Gasteiger partial charge in [0.05, 0.1) is 12.7 Å². The second-order valence-electron chi connectivity index (χ2n) is 5.20. The summed E-state index contributed by atoms with van der Waals surface area (Å²) in [4.78, 5) is 10.9. The van der Waals surface area contributed by atoms with Crippen LogP contribution < -0.4 is 15.0 Å². The maximum absolute atomic E-state index is 5.27. The number of methoxy groups -OCH3 is 1. The summed E-state index contributed by atoms with van der Waals surface area (Å²) in [5.41, 5.74) is 1.04. The van der Waals surface area contributed by atoms with Crippen LogP contribution in [0.25, 0.3) is 0 Å². The molecule has 0 aliphatic carbocycles. The van der Waals surface area contributed by atoms with E-state index >= 15 is 0 Å². The van der Waals surface area contributed by atoms with Crippen molar-refractivity contribution in [3.05, 3.63) is 11.9 Å². The van der Waals surface area contributed by atoms with Crippen LogP contribution in [-0.2, 0) is 0 Å². The van der Waals surface area contributed by atoms with E-state index in [0.29, 0.717) is 11.9 Å². The number of rotatable bonds is 2. The lowest BCUT2D eigenvalue weighted by Crippen LogP contribution is -2.40. The van der Waals surface area contributed by atoms with E-state index in [0.717, 1.165) is 36.9 Å². The van der Waals surface area contributed by atoms with Crippen molar-refractivity contribution in [1.82, 2.24) is 15.3 Å². The summed E-state index contributed by atoms with van der Waals surface area (Å²) in [5.74, 6) is 2.47. The van der Waals surface area contributed by atoms with Crippen molar-refractivity contribution >= 4 is 5.82 Å². The number of anilines is 1. The number of nitrogens with one attached hydrogen (secondary N) is 1. The first-order valence-corrected chi connectivity index (χ1v) is 6.63. The Morgan fingerprint density at radius 1 is 1.39 bits per heavy atom. The molecular weight excluding hydrogens is 228 g/mol. The quantitative estimate of drug-likeness (QED) is 0.845. The summed E-state index contributed by atoms with van der Waals surface area (Å²) < 4.78 is 5.27. The zero-order valence-electron chi connectivity index (χ0n) is 11.0. The van der Waals surface area contributed by atoms with Gasteiger partial charge in [0.1, 0.15) is 12.1 Å². The summed E-state index contributed by atoms with van der Waals surface area (Å²) in [5, 5.41) is 3.61. The average molecular weight is 248 g/mol. The minimum Gasteiger partial charge on any atom is -0.481 e. The van der Waals surface area contributed by atoms with Crippen LogP contribution in [0.1, 0.15) is 18.4 Å². The third-order valence-electron chi connectivity index (χ3n) is 4.10. The molecule has 0 radical (unpaired) electrons. The predicted octanol–water partition coefficient (Wildman–Crippen LogP) is 0.982. The maximum Gasteiger partial charge on any atom is 0.221 e. The van der Waals surface area contributed by atoms with E-state index in [2.05, 4.69) is 20.2 Å². The molecular formula is C13H20N4O. The Bertz CT molecular complexity index is 423. The molecule has 18 heavy (non-hydrogen) atoms. The van der Waals surface area contributed by atoms with Crippen molar-refractivity contribution < 1.29 is 4.74 Å². The van der Waals surface area contributed by atoms with E-state index in [1.54, 1.807) is 13.4 Å². The van der Waals surface area contributed by atoms with E-state index in [9.17, 15) is 0 Å². The summed E-state index contributed by atoms with van der Waals surface area (Å²) in [6.45, 7) is 5.33. The number of fused-ring (bicyclic) bond motifs is 1. The highest BCUT2D eigenvalue weighted by molar-refractivity contribution is 5.51. The molecule has 2 atom stereocenters. The monoisotopic (exact) mass is 248 g/mol. The Hall–Kier alpha value is -1.36. The Morgan fingerprint density at radius 2 is 2.28 bits per heavy atom. The maximum atomic E-state index is 5.27. The van der Waals surface area contributed by atoms with Crippen LogP contribution in [0.3, 0.4) is 0 Å². The summed E-state index contributed by atoms with van der Waals surface area (Å²) in [6.07, 6.45) is 4.22. The summed E-state index contributed by atoms with van der Waals surface area (Å²) in [7, 11) is 1.66. The molecule has 1 N–H and O–H groups in total. The largest absolute Gasteiger partial charge is 0.481 e. The molecule has 0 spiro atoms. The van der Waals surface area contributed by atoms with Gasteiger partial charge in [-0.3, -0.25) is 0 Å². The molecule has 1 aromatic heterocycles. The van der Waals surface area contributed by atoms with Gasteiger partial charge in [-0.1, -0.05) is 0 Å². The third-order valence-corrected chi connectivity index (χ3v) is 4.10. The first kappa shape index (κ1) is 11.7. The number of hydrogen-bond donors (Lipinski definition) is 1. The SMILES string of the molecule is COc1ncnc(N2CC3CCCNC3C2)c1C. The van der Waals surface area contributed by atoms with E-state index in [-0.39, 0.29) is 0 Å². The molecule has 2 saturated heterocycles. The lowest BCUT2D eigenvalue weighted by atomic mass is 9.94. The van der Waals surface area contributed by atoms with Crippen LogP contribution >= 0.6 is 0 Å². The Balaban J connectivity index is 1.83. The number of piperidine rings is 1. The minimum absolute atomic E-state index is 0.624. The Labute approximate surface area is 108 Å². The zero-order chi connectivity index (χ0) is 12.5. The molecule has 0 bridgehead atoms. The van der Waals surface area contributed by atoms with Crippen LogP contribution in [0.4, 0.5) is 5.82 Å². The van der Waals surface area contributed by atoms with E-state index in [1.807, 2.05) is 6.92 Å². The van der Waals surface area contributed by atoms with Gasteiger partial charge in [0.2, 0.25) is 5.88 Å². The van der Waals surface area contributed by atoms with Crippen LogP contribution in [0.15, 0.2) is 6.33 Å². The van der Waals surface area contributed by atoms with Crippen molar-refractivity contribution in [1.29, 1.82) is 0 Å². The van der Waals surface area contributed by atoms with Gasteiger partial charge < -0.3 is 15.0 Å². The second kappa shape index (κ2) is 4.72. The molecule has 0 amide bonds. The average Bonchev–Trinajstić information content (AvgIpc) is 2.82. The molecule has 5 heteroatoms. The lowest BCUT2D eigenvalue weighted by Gasteiger charge is -2.24. The molecule has 2 aliphatic rings. The molecule has 0 saturated carbocycles. The zero-order valence-corrected chi connectivity index (χ0v) is 11.0. The molecule has 1 aromatic rings. The van der Waals surface area contributed by atoms with Crippen molar-refractivity contribution in [2.24, 2.45) is 5.92 Å². The number of nitrogens with zero attached hydrogens (tertiary/aromatic N) is 3. The van der Waals surface area contributed by atoms with E-state index in [1.165, 1.54) is 12.8 Å². The van der Waals surface area contributed by atoms with Gasteiger partial charge in [-0.05, 0) is 32.2 Å². The van der Waals surface area contributed by atoms with Gasteiger partial charge in [0, 0.05) is 19.1 Å². The lowest BCUT2D eigenvalue weighted by molar-refractivity contribution is 0.340. The number of hydrogen-bond acceptors (Lipinski definition) is 5. The van der Waals surface area contributed by atoms with Crippen LogP contribution in [-0.4, -0.2) is 42.8 Å². The summed E-state index contributed by atoms with van der Waals surface area (Å²) in [6, 6.07) is 0.624. The fraction of sp³-hybridized carbons (Fsp3) is 0.692. The second-order valence-corrected chi connectivity index (χ2v) is 5.20. The molecule has 3 heterocycles. The smallest absolute Gasteiger partial charge is 0.221 e. The fourth-order valence-corrected chi connectivity index (χ4v) is 3.17. The van der Waals surface area contributed by atoms with Gasteiger partial charge in [0.15, 0.2) is 0 Å². The van der Waals surface area contributed by atoms with Gasteiger partial charge >= 0.3 is 0 Å². The Kier molecular flexibility index (Phi) is 3.07. The van der Waals surface area contributed by atoms with Crippen molar-refractivity contribution in [3.8, 4) is 5.88 Å². The summed E-state index contributed by atoms with van der Waals surface area (Å²) >= 11 is 0. The van der Waals surface area contributed by atoms with E-state index < -0.39 is 0 Å². The first-order chi connectivity index (χ1) is 8.79. The molecule has 2 fully saturated rings. The van der Waals surface area contributed by atoms with Crippen molar-refractivity contribution in [2.45, 2.75) is 25.8 Å². The molecule has 5 nitrogen and oxygen atoms in total. The first-order valence-electron chi connectivity index (χ1n) is 6.63. The number of ether oxygens (including phenoxy) is 1. The van der Waals surface area contributed by atoms with Gasteiger partial charge in [0.25, 0.3) is 0 Å². The van der Waals surface area contributed by atoms with Gasteiger partial charge in [-0.2, -0.15) is 0 Å². The highest BCUT2D eigenvalue weighted by Crippen LogP contribution is 2.31. The minimum atomic E-state index is 0.624. The molecule has 98 valence electrons. The fourth-order valence-electron chi connectivity index (χ4n) is 3.17. The van der Waals surface area contributed by atoms with Crippen LogP contribution in [0.5, 0.6) is 5.88 Å². The van der Waals surface area contributed by atoms with Gasteiger partial charge in [-0.15, -0.1) is 0 Å². The number of aromatic nitrogens is 2. The normalized spacial score (nSPS) is 27.1. The molecule has 3 rings (SSSR count). The third kappa shape index (κ3) is 1.92. The van der Waals surface area contributed by atoms with Crippen LogP contribution in [0.2, 0.25) is 0 Å². The van der Waals surface area contributed by atoms with Crippen LogP contribution in [0, 0.1) is 12.8 Å². The van der Waals surface area contributed by atoms with Crippen molar-refractivity contribution in [2.75, 3.05) is 31.6 Å². The molecule has 2 aliphatic heterocycles. The predicted molar refractivity (Wildman–Crippen MR) is 70.0 cm³/mol. The van der Waals surface area contributed by atoms with Gasteiger partial charge in [-0.25, -0.2) is 9.97 Å². The van der Waals surface area contributed by atoms with E-state index in [4.69, 9.17) is 4.74 Å². The highest BCUT2D eigenvalue weighted by Gasteiger charge is 2.35. The Morgan fingerprint density at radius 3 is 3.06 bits per heavy atom. The molecule has 2 unspecified atom stereocenters. The van der Waals surface area contributed by atoms with Crippen molar-refractivity contribution in [3.63, 3.8) is 0 Å². The highest BCUT2D eigenvalue weighted by atomic mass is 16.5. The standard InChI is InChI=1S/C13H20N4O/c1-9-12(15-8-16-13(9)18-2)17-6-10-4-3-5-14-11(10)7-17/h8,10-11,14H,3-7H2,1-2H3. The topological polar surface area (TPSA) is 50.3 Å². The molecule has 0 aromatic carbocycles.